The van der Waals surface area contributed by atoms with Crippen LogP contribution in [-0.4, -0.2) is 95.0 Å². The number of aromatic nitrogens is 3. The molecule has 0 aliphatic carbocycles. The maximum atomic E-state index is 12.9. The molecule has 3 heterocycles. The first kappa shape index (κ1) is 28.7. The fourth-order valence-corrected chi connectivity index (χ4v) is 6.68. The number of amides is 2. The van der Waals surface area contributed by atoms with Crippen LogP contribution in [0.15, 0.2) is 56.3 Å². The molecule has 0 saturated carbocycles. The number of hydrogen-bond acceptors (Lipinski definition) is 8. The molecule has 11 nitrogen and oxygen atoms in total. The molecule has 1 aromatic carbocycles. The molecule has 36 heavy (non-hydrogen) atoms. The van der Waals surface area contributed by atoms with Crippen LogP contribution in [0.1, 0.15) is 17.3 Å². The number of H-pyrrole nitrogens is 1. The summed E-state index contributed by atoms with van der Waals surface area (Å²) >= 11 is 5.79. The Labute approximate surface area is 243 Å². The van der Waals surface area contributed by atoms with Crippen molar-refractivity contribution in [2.24, 2.45) is 0 Å². The number of carboxylic acids is 1. The first-order valence-corrected chi connectivity index (χ1v) is 13.4. The van der Waals surface area contributed by atoms with Gasteiger partial charge in [0, 0.05) is 18.1 Å². The number of nitrogens with one attached hydrogen (secondary N) is 2. The molecule has 1 aromatic heterocycles. The van der Waals surface area contributed by atoms with Crippen LogP contribution < -0.4 is 16.4 Å². The number of benzene rings is 1. The zero-order valence-electron chi connectivity index (χ0n) is 18.3. The van der Waals surface area contributed by atoms with Crippen LogP contribution in [0, 0.1) is 0 Å². The van der Waals surface area contributed by atoms with Gasteiger partial charge in [0.2, 0.25) is 5.91 Å². The van der Waals surface area contributed by atoms with E-state index >= 15 is 0 Å². The van der Waals surface area contributed by atoms with Gasteiger partial charge in [-0.2, -0.15) is 0 Å². The van der Waals surface area contributed by atoms with Crippen molar-refractivity contribution in [1.82, 2.24) is 25.0 Å². The number of halogens is 1. The Balaban J connectivity index is 0.00000361. The summed E-state index contributed by atoms with van der Waals surface area (Å²) in [6.07, 6.45) is 0. The average Bonchev–Trinajstić information content (AvgIpc) is 2.87. The van der Waals surface area contributed by atoms with Crippen molar-refractivity contribution >= 4 is 86.8 Å². The second kappa shape index (κ2) is 12.1. The second-order valence-electron chi connectivity index (χ2n) is 7.60. The molecular formula is C21H21BrN5NaO6S2. The Hall–Kier alpha value is -1.84. The molecule has 0 radical (unpaired) electrons. The summed E-state index contributed by atoms with van der Waals surface area (Å²) in [5.74, 6) is -1.69. The molecule has 1 fully saturated rings. The summed E-state index contributed by atoms with van der Waals surface area (Å²) in [6.45, 7) is 1.92. The van der Waals surface area contributed by atoms with Crippen molar-refractivity contribution in [3.63, 3.8) is 0 Å². The van der Waals surface area contributed by atoms with Gasteiger partial charge in [0.25, 0.3) is 5.91 Å². The predicted octanol–water partition coefficient (Wildman–Crippen LogP) is 0.270. The maximum absolute atomic E-state index is 12.9. The number of β-lactam (4-membered cyclic amide) rings is 1. The quantitative estimate of drug-likeness (QED) is 0.126. The third-order valence-corrected chi connectivity index (χ3v) is 8.83. The van der Waals surface area contributed by atoms with Crippen molar-refractivity contribution in [3.8, 4) is 0 Å². The molecule has 2 aromatic rings. The zero-order valence-corrected chi connectivity index (χ0v) is 21.5. The van der Waals surface area contributed by atoms with Crippen molar-refractivity contribution in [2.75, 3.05) is 11.5 Å². The summed E-state index contributed by atoms with van der Waals surface area (Å²) in [4.78, 5) is 61.7. The summed E-state index contributed by atoms with van der Waals surface area (Å²) in [6, 6.07) is 8.16. The Bertz CT molecular complexity index is 1330. The standard InChI is InChI=1S/C21H20BrN5O6S2.Na.H/c1-2-26-18(31)16(29)24-25-21(26)35-9-11-8-34-19-13(17(30)27(19)14(11)20(32)33)23-15(28)12(22)10-6-4-3-5-7-10;;/h3-7,12-13,19H,2,8-9H2,1H3,(H,23,28)(H,24,29)(H,32,33);;/t12?,13-,19-;;/m1../s1. The van der Waals surface area contributed by atoms with E-state index in [2.05, 4.69) is 31.4 Å². The van der Waals surface area contributed by atoms with Crippen molar-refractivity contribution in [3.05, 3.63) is 67.9 Å². The summed E-state index contributed by atoms with van der Waals surface area (Å²) < 4.78 is 1.20. The van der Waals surface area contributed by atoms with Gasteiger partial charge in [-0.1, -0.05) is 58.0 Å². The predicted molar refractivity (Wildman–Crippen MR) is 140 cm³/mol. The van der Waals surface area contributed by atoms with Gasteiger partial charge in [-0.3, -0.25) is 28.6 Å². The number of carboxylic acid groups (broad SMARTS) is 1. The van der Waals surface area contributed by atoms with Gasteiger partial charge in [0.1, 0.15) is 21.9 Å². The van der Waals surface area contributed by atoms with Crippen LogP contribution >= 0.6 is 39.5 Å². The van der Waals surface area contributed by atoms with Crippen LogP contribution in [0.4, 0.5) is 0 Å². The van der Waals surface area contributed by atoms with E-state index in [1.165, 1.54) is 21.2 Å². The van der Waals surface area contributed by atoms with Crippen molar-refractivity contribution in [2.45, 2.75) is 34.9 Å². The van der Waals surface area contributed by atoms with Gasteiger partial charge in [0.15, 0.2) is 5.16 Å². The molecule has 15 heteroatoms. The number of aliphatic carboxylic acids is 1. The van der Waals surface area contributed by atoms with Gasteiger partial charge in [0.05, 0.1) is 0 Å². The van der Waals surface area contributed by atoms with Crippen LogP contribution in [-0.2, 0) is 20.9 Å². The number of fused-ring (bicyclic) bond motifs is 1. The molecule has 3 N–H and O–H groups in total. The van der Waals surface area contributed by atoms with E-state index in [0.29, 0.717) is 11.3 Å². The Morgan fingerprint density at radius 3 is 2.64 bits per heavy atom. The van der Waals surface area contributed by atoms with E-state index in [4.69, 9.17) is 0 Å². The number of nitrogens with zero attached hydrogens (tertiary/aromatic N) is 3. The monoisotopic (exact) mass is 605 g/mol. The molecule has 0 bridgehead atoms. The Morgan fingerprint density at radius 2 is 2.00 bits per heavy atom. The fraction of sp³-hybridized carbons (Fsp3) is 0.333. The van der Waals surface area contributed by atoms with E-state index in [9.17, 15) is 29.1 Å². The van der Waals surface area contributed by atoms with E-state index in [1.54, 1.807) is 31.2 Å². The normalized spacial score (nSPS) is 19.6. The summed E-state index contributed by atoms with van der Waals surface area (Å²) in [7, 11) is 0. The summed E-state index contributed by atoms with van der Waals surface area (Å²) in [5.41, 5.74) is -0.503. The minimum atomic E-state index is -1.26. The average molecular weight is 606 g/mol. The van der Waals surface area contributed by atoms with E-state index in [1.807, 2.05) is 6.07 Å². The SMILES string of the molecule is CCn1c(SCC2=C(C(=O)O)N3C(=O)[C@@H](NC(=O)C(Br)c4ccccc4)[C@H]3SC2)n[nH]c(=O)c1=O.[NaH]. The molecule has 1 unspecified atom stereocenters. The Morgan fingerprint density at radius 1 is 1.31 bits per heavy atom. The molecule has 2 aliphatic heterocycles. The molecule has 186 valence electrons. The molecular weight excluding hydrogens is 585 g/mol. The molecule has 4 rings (SSSR count). The first-order chi connectivity index (χ1) is 16.7. The Kier molecular flexibility index (Phi) is 9.68. The van der Waals surface area contributed by atoms with Crippen LogP contribution in [0.3, 0.4) is 0 Å². The fourth-order valence-electron chi connectivity index (χ4n) is 3.75. The molecule has 2 aliphatic rings. The molecule has 0 spiro atoms. The van der Waals surface area contributed by atoms with Crippen LogP contribution in [0.25, 0.3) is 0 Å². The third kappa shape index (κ3) is 5.53. The van der Waals surface area contributed by atoms with Crippen LogP contribution in [0.2, 0.25) is 0 Å². The number of carbonyl (C=O) groups excluding carboxylic acids is 2. The number of rotatable bonds is 8. The zero-order chi connectivity index (χ0) is 25.3. The topological polar surface area (TPSA) is 154 Å². The van der Waals surface area contributed by atoms with Gasteiger partial charge < -0.3 is 10.4 Å². The number of alkyl halides is 1. The minimum absolute atomic E-state index is 0. The van der Waals surface area contributed by atoms with Crippen molar-refractivity contribution < 1.29 is 19.5 Å². The molecule has 2 amide bonds. The first-order valence-electron chi connectivity index (χ1n) is 10.5. The van der Waals surface area contributed by atoms with Gasteiger partial charge in [-0.05, 0) is 18.1 Å². The van der Waals surface area contributed by atoms with Crippen molar-refractivity contribution in [1.29, 1.82) is 0 Å². The molecule has 1 saturated heterocycles. The van der Waals surface area contributed by atoms with E-state index in [0.717, 1.165) is 17.3 Å². The van der Waals surface area contributed by atoms with E-state index in [-0.39, 0.29) is 52.7 Å². The number of carbonyl (C=O) groups is 3. The van der Waals surface area contributed by atoms with E-state index < -0.39 is 45.1 Å². The van der Waals surface area contributed by atoms with Gasteiger partial charge >= 0.3 is 46.6 Å². The molecule has 3 atom stereocenters. The number of hydrogen-bond donors (Lipinski definition) is 3. The van der Waals surface area contributed by atoms with Gasteiger partial charge in [-0.15, -0.1) is 16.9 Å². The summed E-state index contributed by atoms with van der Waals surface area (Å²) in [5, 5.41) is 18.3. The van der Waals surface area contributed by atoms with Crippen LogP contribution in [0.5, 0.6) is 0 Å². The van der Waals surface area contributed by atoms with Gasteiger partial charge in [-0.25, -0.2) is 9.89 Å². The number of thioether (sulfide) groups is 2. The number of aromatic amines is 1. The second-order valence-corrected chi connectivity index (χ2v) is 10.6. The third-order valence-electron chi connectivity index (χ3n) is 5.49.